The first kappa shape index (κ1) is 13.8. The number of nitrogens with one attached hydrogen (secondary N) is 1. The first-order valence-corrected chi connectivity index (χ1v) is 6.60. The Morgan fingerprint density at radius 2 is 2.00 bits per heavy atom. The zero-order chi connectivity index (χ0) is 12.3. The molecule has 0 amide bonds. The van der Waals surface area contributed by atoms with Crippen LogP contribution in [0.5, 0.6) is 0 Å². The molecule has 0 radical (unpaired) electrons. The van der Waals surface area contributed by atoms with E-state index in [1.165, 1.54) is 18.4 Å². The van der Waals surface area contributed by atoms with Crippen LogP contribution >= 0.6 is 0 Å². The van der Waals surface area contributed by atoms with Gasteiger partial charge in [-0.15, -0.1) is 6.42 Å². The number of rotatable bonds is 8. The molecule has 0 heterocycles. The Labute approximate surface area is 106 Å². The fourth-order valence-corrected chi connectivity index (χ4v) is 1.91. The molecule has 0 aromatic heterocycles. The Morgan fingerprint density at radius 1 is 1.24 bits per heavy atom. The summed E-state index contributed by atoms with van der Waals surface area (Å²) in [5.74, 6) is 2.80. The molecule has 1 aromatic rings. The molecule has 0 bridgehead atoms. The Bertz CT molecular complexity index is 323. The van der Waals surface area contributed by atoms with Gasteiger partial charge in [-0.3, -0.25) is 0 Å². The second-order valence-corrected chi connectivity index (χ2v) is 4.40. The molecule has 1 atom stereocenters. The van der Waals surface area contributed by atoms with E-state index in [0.29, 0.717) is 0 Å². The lowest BCUT2D eigenvalue weighted by Crippen LogP contribution is -2.28. The van der Waals surface area contributed by atoms with Gasteiger partial charge in [0.05, 0.1) is 6.04 Å². The lowest BCUT2D eigenvalue weighted by atomic mass is 10.1. The lowest BCUT2D eigenvalue weighted by Gasteiger charge is -2.11. The largest absolute Gasteiger partial charge is 0.304 e. The van der Waals surface area contributed by atoms with Gasteiger partial charge in [-0.2, -0.15) is 0 Å². The molecule has 92 valence electrons. The Kier molecular flexibility index (Phi) is 7.18. The summed E-state index contributed by atoms with van der Waals surface area (Å²) in [5.41, 5.74) is 1.43. The second kappa shape index (κ2) is 8.84. The molecule has 1 unspecified atom stereocenters. The summed E-state index contributed by atoms with van der Waals surface area (Å²) >= 11 is 0. The highest BCUT2D eigenvalue weighted by molar-refractivity contribution is 5.14. The van der Waals surface area contributed by atoms with Crippen molar-refractivity contribution < 1.29 is 0 Å². The highest BCUT2D eigenvalue weighted by Crippen LogP contribution is 2.04. The van der Waals surface area contributed by atoms with E-state index >= 15 is 0 Å². The first-order valence-electron chi connectivity index (χ1n) is 6.60. The fraction of sp³-hybridized carbons (Fsp3) is 0.500. The van der Waals surface area contributed by atoms with Crippen LogP contribution in [0.3, 0.4) is 0 Å². The molecular formula is C16H23N. The van der Waals surface area contributed by atoms with Crippen LogP contribution in [0.2, 0.25) is 0 Å². The maximum Gasteiger partial charge on any atom is 0.0686 e. The number of hydrogen-bond acceptors (Lipinski definition) is 1. The standard InChI is InChI=1S/C16H23N/c1-3-10-16(4-2)17-14-9-8-13-15-11-6-5-7-12-15/h2,5-7,11-12,16-17H,3,8-10,13-14H2,1H3. The Hall–Kier alpha value is -1.26. The number of aryl methyl sites for hydroxylation is 1. The lowest BCUT2D eigenvalue weighted by molar-refractivity contribution is 0.541. The van der Waals surface area contributed by atoms with Gasteiger partial charge in [0.25, 0.3) is 0 Å². The van der Waals surface area contributed by atoms with Crippen LogP contribution in [0.1, 0.15) is 38.2 Å². The molecule has 0 aliphatic heterocycles. The van der Waals surface area contributed by atoms with Gasteiger partial charge in [0.15, 0.2) is 0 Å². The third-order valence-corrected chi connectivity index (χ3v) is 2.90. The molecular weight excluding hydrogens is 206 g/mol. The normalized spacial score (nSPS) is 12.0. The summed E-state index contributed by atoms with van der Waals surface area (Å²) in [6, 6.07) is 10.9. The van der Waals surface area contributed by atoms with Gasteiger partial charge in [0.1, 0.15) is 0 Å². The van der Waals surface area contributed by atoms with E-state index in [1.54, 1.807) is 0 Å². The Balaban J connectivity index is 2.07. The molecule has 1 heteroatoms. The van der Waals surface area contributed by atoms with Crippen LogP contribution in [-0.4, -0.2) is 12.6 Å². The molecule has 0 aliphatic rings. The summed E-state index contributed by atoms with van der Waals surface area (Å²) in [5, 5.41) is 3.42. The van der Waals surface area contributed by atoms with E-state index in [0.717, 1.165) is 25.8 Å². The summed E-state index contributed by atoms with van der Waals surface area (Å²) < 4.78 is 0. The van der Waals surface area contributed by atoms with Crippen molar-refractivity contribution in [3.05, 3.63) is 35.9 Å². The van der Waals surface area contributed by atoms with E-state index in [-0.39, 0.29) is 6.04 Å². The molecule has 0 saturated carbocycles. The van der Waals surface area contributed by atoms with Crippen molar-refractivity contribution in [3.8, 4) is 12.3 Å². The monoisotopic (exact) mass is 229 g/mol. The van der Waals surface area contributed by atoms with Gasteiger partial charge in [0.2, 0.25) is 0 Å². The predicted molar refractivity (Wildman–Crippen MR) is 74.9 cm³/mol. The summed E-state index contributed by atoms with van der Waals surface area (Å²) in [7, 11) is 0. The Morgan fingerprint density at radius 3 is 2.65 bits per heavy atom. The zero-order valence-corrected chi connectivity index (χ0v) is 10.8. The van der Waals surface area contributed by atoms with Crippen LogP contribution in [0.4, 0.5) is 0 Å². The first-order chi connectivity index (χ1) is 8.36. The zero-order valence-electron chi connectivity index (χ0n) is 10.8. The summed E-state index contributed by atoms with van der Waals surface area (Å²) in [4.78, 5) is 0. The average molecular weight is 229 g/mol. The van der Waals surface area contributed by atoms with Crippen LogP contribution in [-0.2, 0) is 6.42 Å². The van der Waals surface area contributed by atoms with Crippen LogP contribution < -0.4 is 5.32 Å². The third kappa shape index (κ3) is 6.14. The number of unbranched alkanes of at least 4 members (excludes halogenated alkanes) is 1. The SMILES string of the molecule is C#CC(CCC)NCCCCc1ccccc1. The second-order valence-electron chi connectivity index (χ2n) is 4.40. The van der Waals surface area contributed by atoms with Crippen LogP contribution in [0.25, 0.3) is 0 Å². The van der Waals surface area contributed by atoms with Crippen LogP contribution in [0, 0.1) is 12.3 Å². The molecule has 17 heavy (non-hydrogen) atoms. The highest BCUT2D eigenvalue weighted by atomic mass is 14.9. The topological polar surface area (TPSA) is 12.0 Å². The van der Waals surface area contributed by atoms with E-state index in [2.05, 4.69) is 48.5 Å². The number of hydrogen-bond donors (Lipinski definition) is 1. The molecule has 1 nitrogen and oxygen atoms in total. The van der Waals surface area contributed by atoms with Gasteiger partial charge in [-0.1, -0.05) is 49.6 Å². The molecule has 0 spiro atoms. The maximum absolute atomic E-state index is 5.45. The van der Waals surface area contributed by atoms with E-state index < -0.39 is 0 Å². The van der Waals surface area contributed by atoms with Crippen LogP contribution in [0.15, 0.2) is 30.3 Å². The number of benzene rings is 1. The third-order valence-electron chi connectivity index (χ3n) is 2.90. The minimum Gasteiger partial charge on any atom is -0.304 e. The predicted octanol–water partition coefficient (Wildman–Crippen LogP) is 3.40. The number of terminal acetylenes is 1. The maximum atomic E-state index is 5.45. The smallest absolute Gasteiger partial charge is 0.0686 e. The molecule has 1 N–H and O–H groups in total. The van der Waals surface area contributed by atoms with Gasteiger partial charge < -0.3 is 5.32 Å². The minimum absolute atomic E-state index is 0.261. The van der Waals surface area contributed by atoms with Gasteiger partial charge >= 0.3 is 0 Å². The quantitative estimate of drug-likeness (QED) is 0.532. The summed E-state index contributed by atoms with van der Waals surface area (Å²) in [6.07, 6.45) is 11.3. The van der Waals surface area contributed by atoms with Crippen molar-refractivity contribution in [2.24, 2.45) is 0 Å². The van der Waals surface area contributed by atoms with Crippen molar-refractivity contribution in [2.75, 3.05) is 6.54 Å². The van der Waals surface area contributed by atoms with Crippen molar-refractivity contribution >= 4 is 0 Å². The molecule has 0 fully saturated rings. The van der Waals surface area contributed by atoms with Gasteiger partial charge in [-0.05, 0) is 37.8 Å². The van der Waals surface area contributed by atoms with E-state index in [1.807, 2.05) is 0 Å². The molecule has 1 rings (SSSR count). The average Bonchev–Trinajstić information content (AvgIpc) is 2.38. The van der Waals surface area contributed by atoms with Gasteiger partial charge in [-0.25, -0.2) is 0 Å². The van der Waals surface area contributed by atoms with E-state index in [4.69, 9.17) is 6.42 Å². The molecule has 1 aromatic carbocycles. The van der Waals surface area contributed by atoms with Crippen molar-refractivity contribution in [3.63, 3.8) is 0 Å². The minimum atomic E-state index is 0.261. The van der Waals surface area contributed by atoms with E-state index in [9.17, 15) is 0 Å². The van der Waals surface area contributed by atoms with Crippen molar-refractivity contribution in [1.29, 1.82) is 0 Å². The molecule has 0 saturated heterocycles. The highest BCUT2D eigenvalue weighted by Gasteiger charge is 2.01. The summed E-state index contributed by atoms with van der Waals surface area (Å²) in [6.45, 7) is 3.20. The van der Waals surface area contributed by atoms with Crippen molar-refractivity contribution in [2.45, 2.75) is 45.1 Å². The van der Waals surface area contributed by atoms with Gasteiger partial charge in [0, 0.05) is 0 Å². The molecule has 0 aliphatic carbocycles. The van der Waals surface area contributed by atoms with Crippen molar-refractivity contribution in [1.82, 2.24) is 5.32 Å². The fourth-order valence-electron chi connectivity index (χ4n) is 1.91.